The predicted molar refractivity (Wildman–Crippen MR) is 58.2 cm³/mol. The van der Waals surface area contributed by atoms with Gasteiger partial charge in [-0.05, 0) is 6.92 Å². The van der Waals surface area contributed by atoms with Gasteiger partial charge in [-0.15, -0.1) is 0 Å². The number of carbonyl (C=O) groups is 1. The molecular formula is C9H15N5O. The monoisotopic (exact) mass is 209 g/mol. The van der Waals surface area contributed by atoms with Crippen molar-refractivity contribution in [3.8, 4) is 0 Å². The Kier molecular flexibility index (Phi) is 3.84. The summed E-state index contributed by atoms with van der Waals surface area (Å²) in [5.74, 6) is 0.485. The van der Waals surface area contributed by atoms with Crippen molar-refractivity contribution in [2.45, 2.75) is 6.92 Å². The quantitative estimate of drug-likeness (QED) is 0.726. The molecule has 82 valence electrons. The first kappa shape index (κ1) is 11.2. The van der Waals surface area contributed by atoms with Gasteiger partial charge in [0.15, 0.2) is 5.82 Å². The number of likely N-dealkylation sites (N-methyl/N-ethyl adjacent to an activating group) is 1. The van der Waals surface area contributed by atoms with Crippen LogP contribution in [0.1, 0.15) is 6.92 Å². The fourth-order valence-corrected chi connectivity index (χ4v) is 0.959. The molecule has 6 nitrogen and oxygen atoms in total. The molecule has 0 aliphatic carbocycles. The zero-order valence-electron chi connectivity index (χ0n) is 8.90. The number of aromatic nitrogens is 2. The van der Waals surface area contributed by atoms with Crippen molar-refractivity contribution in [2.24, 2.45) is 0 Å². The number of rotatable bonds is 4. The molecule has 0 unspecified atom stereocenters. The lowest BCUT2D eigenvalue weighted by molar-refractivity contribution is -0.127. The summed E-state index contributed by atoms with van der Waals surface area (Å²) in [7, 11) is 1.74. The van der Waals surface area contributed by atoms with Crippen molar-refractivity contribution in [3.63, 3.8) is 0 Å². The van der Waals surface area contributed by atoms with E-state index < -0.39 is 0 Å². The molecule has 0 atom stereocenters. The number of nitrogen functional groups attached to an aromatic ring is 1. The number of hydrogen-bond donors (Lipinski definition) is 2. The van der Waals surface area contributed by atoms with Crippen LogP contribution < -0.4 is 11.1 Å². The fourth-order valence-electron chi connectivity index (χ4n) is 0.959. The number of carbonyl (C=O) groups excluding carboxylic acids is 1. The second-order valence-corrected chi connectivity index (χ2v) is 3.09. The highest BCUT2D eigenvalue weighted by atomic mass is 16.2. The van der Waals surface area contributed by atoms with Gasteiger partial charge in [0.25, 0.3) is 0 Å². The lowest BCUT2D eigenvalue weighted by Crippen LogP contribution is -2.32. The highest BCUT2D eigenvalue weighted by Gasteiger charge is 2.07. The van der Waals surface area contributed by atoms with Crippen LogP contribution in [0.2, 0.25) is 0 Å². The Morgan fingerprint density at radius 3 is 3.00 bits per heavy atom. The molecule has 1 aromatic rings. The average Bonchev–Trinajstić information content (AvgIpc) is 2.26. The zero-order chi connectivity index (χ0) is 11.3. The minimum atomic E-state index is -0.00416. The molecule has 1 amide bonds. The Bertz CT molecular complexity index is 341. The zero-order valence-corrected chi connectivity index (χ0v) is 8.90. The topological polar surface area (TPSA) is 84.1 Å². The van der Waals surface area contributed by atoms with Crippen LogP contribution in [0.4, 0.5) is 11.5 Å². The summed E-state index contributed by atoms with van der Waals surface area (Å²) in [6.07, 6.45) is 2.87. The molecule has 3 N–H and O–H groups in total. The van der Waals surface area contributed by atoms with Gasteiger partial charge in [0.1, 0.15) is 6.33 Å². The van der Waals surface area contributed by atoms with E-state index in [0.717, 1.165) is 0 Å². The molecule has 0 aromatic carbocycles. The van der Waals surface area contributed by atoms with Crippen LogP contribution in [0.3, 0.4) is 0 Å². The maximum atomic E-state index is 11.4. The Morgan fingerprint density at radius 2 is 2.40 bits per heavy atom. The van der Waals surface area contributed by atoms with Crippen molar-refractivity contribution in [1.29, 1.82) is 0 Å². The molecule has 0 aliphatic heterocycles. The highest BCUT2D eigenvalue weighted by Crippen LogP contribution is 2.10. The number of hydrogen-bond acceptors (Lipinski definition) is 5. The summed E-state index contributed by atoms with van der Waals surface area (Å²) in [6.45, 7) is 2.78. The van der Waals surface area contributed by atoms with Gasteiger partial charge in [0.05, 0.1) is 18.4 Å². The third-order valence-electron chi connectivity index (χ3n) is 2.05. The minimum absolute atomic E-state index is 0.00416. The first-order valence-electron chi connectivity index (χ1n) is 4.68. The molecule has 0 fully saturated rings. The third kappa shape index (κ3) is 3.08. The largest absolute Gasteiger partial charge is 0.394 e. The fraction of sp³-hybridized carbons (Fsp3) is 0.444. The standard InChI is InChI=1S/C9H15N5O/c1-3-14(2)8(15)5-12-9-7(10)4-11-6-13-9/h4,6H,3,5,10H2,1-2H3,(H,11,12,13). The normalized spacial score (nSPS) is 9.73. The molecule has 15 heavy (non-hydrogen) atoms. The Morgan fingerprint density at radius 1 is 1.67 bits per heavy atom. The molecule has 0 spiro atoms. The van der Waals surface area contributed by atoms with Gasteiger partial charge in [0.2, 0.25) is 5.91 Å². The van der Waals surface area contributed by atoms with Gasteiger partial charge in [-0.3, -0.25) is 4.79 Å². The van der Waals surface area contributed by atoms with Gasteiger partial charge >= 0.3 is 0 Å². The minimum Gasteiger partial charge on any atom is -0.394 e. The predicted octanol–water partition coefficient (Wildman–Crippen LogP) is -0.0510. The van der Waals surface area contributed by atoms with E-state index in [2.05, 4.69) is 15.3 Å². The maximum absolute atomic E-state index is 11.4. The van der Waals surface area contributed by atoms with E-state index in [9.17, 15) is 4.79 Å². The molecule has 0 radical (unpaired) electrons. The molecule has 1 aromatic heterocycles. The molecule has 0 aliphatic rings. The van der Waals surface area contributed by atoms with Crippen LogP contribution in [0, 0.1) is 0 Å². The van der Waals surface area contributed by atoms with Crippen LogP contribution in [0.15, 0.2) is 12.5 Å². The van der Waals surface area contributed by atoms with E-state index in [1.165, 1.54) is 12.5 Å². The van der Waals surface area contributed by atoms with E-state index in [0.29, 0.717) is 18.1 Å². The summed E-state index contributed by atoms with van der Waals surface area (Å²) in [4.78, 5) is 20.7. The summed E-state index contributed by atoms with van der Waals surface area (Å²) in [5.41, 5.74) is 6.04. The van der Waals surface area contributed by atoms with Crippen LogP contribution in [-0.4, -0.2) is 40.9 Å². The van der Waals surface area contributed by atoms with Crippen molar-refractivity contribution >= 4 is 17.4 Å². The van der Waals surface area contributed by atoms with Gasteiger partial charge < -0.3 is 16.0 Å². The first-order valence-corrected chi connectivity index (χ1v) is 4.68. The third-order valence-corrected chi connectivity index (χ3v) is 2.05. The molecule has 1 rings (SSSR count). The second-order valence-electron chi connectivity index (χ2n) is 3.09. The maximum Gasteiger partial charge on any atom is 0.241 e. The molecule has 1 heterocycles. The summed E-state index contributed by atoms with van der Waals surface area (Å²) in [6, 6.07) is 0. The summed E-state index contributed by atoms with van der Waals surface area (Å²) < 4.78 is 0. The van der Waals surface area contributed by atoms with E-state index in [4.69, 9.17) is 5.73 Å². The van der Waals surface area contributed by atoms with E-state index >= 15 is 0 Å². The molecule has 0 saturated carbocycles. The van der Waals surface area contributed by atoms with Crippen LogP contribution in [-0.2, 0) is 4.79 Å². The number of anilines is 2. The van der Waals surface area contributed by atoms with Crippen LogP contribution in [0.5, 0.6) is 0 Å². The van der Waals surface area contributed by atoms with Crippen LogP contribution in [0.25, 0.3) is 0 Å². The van der Waals surface area contributed by atoms with Crippen molar-refractivity contribution in [2.75, 3.05) is 31.2 Å². The van der Waals surface area contributed by atoms with E-state index in [1.54, 1.807) is 11.9 Å². The Balaban J connectivity index is 2.51. The average molecular weight is 209 g/mol. The van der Waals surface area contributed by atoms with Crippen LogP contribution >= 0.6 is 0 Å². The number of nitrogens with zero attached hydrogens (tertiary/aromatic N) is 3. The van der Waals surface area contributed by atoms with E-state index in [-0.39, 0.29) is 12.5 Å². The van der Waals surface area contributed by atoms with Crippen molar-refractivity contribution in [3.05, 3.63) is 12.5 Å². The molecular weight excluding hydrogens is 194 g/mol. The SMILES string of the molecule is CCN(C)C(=O)CNc1ncncc1N. The number of nitrogens with one attached hydrogen (secondary N) is 1. The molecule has 0 bridgehead atoms. The molecule has 0 saturated heterocycles. The lowest BCUT2D eigenvalue weighted by atomic mass is 10.4. The lowest BCUT2D eigenvalue weighted by Gasteiger charge is -2.15. The number of amides is 1. The van der Waals surface area contributed by atoms with Crippen molar-refractivity contribution in [1.82, 2.24) is 14.9 Å². The Hall–Kier alpha value is -1.85. The second kappa shape index (κ2) is 5.14. The van der Waals surface area contributed by atoms with Gasteiger partial charge in [-0.25, -0.2) is 9.97 Å². The van der Waals surface area contributed by atoms with E-state index in [1.807, 2.05) is 6.92 Å². The highest BCUT2D eigenvalue weighted by molar-refractivity contribution is 5.81. The summed E-state index contributed by atoms with van der Waals surface area (Å²) in [5, 5.41) is 2.86. The van der Waals surface area contributed by atoms with Gasteiger partial charge in [-0.2, -0.15) is 0 Å². The first-order chi connectivity index (χ1) is 7.15. The smallest absolute Gasteiger partial charge is 0.241 e. The van der Waals surface area contributed by atoms with Gasteiger partial charge in [-0.1, -0.05) is 0 Å². The summed E-state index contributed by atoms with van der Waals surface area (Å²) >= 11 is 0. The van der Waals surface area contributed by atoms with Crippen molar-refractivity contribution < 1.29 is 4.79 Å². The molecule has 6 heteroatoms. The van der Waals surface area contributed by atoms with Gasteiger partial charge in [0, 0.05) is 13.6 Å². The Labute approximate surface area is 88.5 Å². The number of nitrogens with two attached hydrogens (primary N) is 1.